The number of hydrogen-bond donors (Lipinski definition) is 1. The predicted octanol–water partition coefficient (Wildman–Crippen LogP) is 3.94. The summed E-state index contributed by atoms with van der Waals surface area (Å²) in [7, 11) is -1.91. The van der Waals surface area contributed by atoms with Crippen molar-refractivity contribution in [2.24, 2.45) is 0 Å². The first-order valence-corrected chi connectivity index (χ1v) is 11.0. The minimum atomic E-state index is -3.58. The zero-order valence-corrected chi connectivity index (χ0v) is 18.3. The highest BCUT2D eigenvalue weighted by molar-refractivity contribution is 7.89. The van der Waals surface area contributed by atoms with Crippen molar-refractivity contribution in [3.63, 3.8) is 0 Å². The van der Waals surface area contributed by atoms with Crippen molar-refractivity contribution in [2.45, 2.75) is 64.1 Å². The van der Waals surface area contributed by atoms with E-state index < -0.39 is 10.0 Å². The number of hydrogen-bond acceptors (Lipinski definition) is 5. The molecule has 28 heavy (non-hydrogen) atoms. The van der Waals surface area contributed by atoms with Gasteiger partial charge in [0.05, 0.1) is 7.11 Å². The molecule has 0 amide bonds. The van der Waals surface area contributed by atoms with Gasteiger partial charge < -0.3 is 10.1 Å². The van der Waals surface area contributed by atoms with E-state index in [2.05, 4.69) is 17.2 Å². The van der Waals surface area contributed by atoms with Crippen LogP contribution in [-0.2, 0) is 16.4 Å². The van der Waals surface area contributed by atoms with Crippen LogP contribution in [0.4, 0.5) is 5.82 Å². The van der Waals surface area contributed by atoms with Crippen molar-refractivity contribution in [1.82, 2.24) is 9.29 Å². The van der Waals surface area contributed by atoms with Crippen LogP contribution in [-0.4, -0.2) is 42.9 Å². The SMILES string of the molecule is COc1ccccc1CC(C)Nc1ccc(S(=O)(=O)N(C(C)C)C(C)C)cn1. The van der Waals surface area contributed by atoms with E-state index in [9.17, 15) is 8.42 Å². The van der Waals surface area contributed by atoms with E-state index in [4.69, 9.17) is 4.74 Å². The van der Waals surface area contributed by atoms with Crippen LogP contribution < -0.4 is 10.1 Å². The maximum atomic E-state index is 12.9. The van der Waals surface area contributed by atoms with Crippen LogP contribution in [0.25, 0.3) is 0 Å². The molecule has 1 atom stereocenters. The second kappa shape index (κ2) is 9.39. The Morgan fingerprint density at radius 1 is 1.04 bits per heavy atom. The molecule has 0 aliphatic rings. The Hall–Kier alpha value is -2.12. The molecule has 0 radical (unpaired) electrons. The van der Waals surface area contributed by atoms with Crippen LogP contribution in [0.15, 0.2) is 47.5 Å². The smallest absolute Gasteiger partial charge is 0.245 e. The molecule has 0 spiro atoms. The normalized spacial score (nSPS) is 13.2. The van der Waals surface area contributed by atoms with Gasteiger partial charge in [0.15, 0.2) is 0 Å². The number of anilines is 1. The van der Waals surface area contributed by atoms with Gasteiger partial charge in [-0.1, -0.05) is 18.2 Å². The molecule has 0 saturated heterocycles. The van der Waals surface area contributed by atoms with E-state index in [1.165, 1.54) is 10.5 Å². The Labute approximate surface area is 169 Å². The molecule has 0 aliphatic heterocycles. The summed E-state index contributed by atoms with van der Waals surface area (Å²) >= 11 is 0. The van der Waals surface area contributed by atoms with Crippen LogP contribution >= 0.6 is 0 Å². The molecule has 2 rings (SSSR count). The Morgan fingerprint density at radius 3 is 2.21 bits per heavy atom. The van der Waals surface area contributed by atoms with Crippen LogP contribution in [0.5, 0.6) is 5.75 Å². The minimum Gasteiger partial charge on any atom is -0.496 e. The van der Waals surface area contributed by atoms with Crippen molar-refractivity contribution in [2.75, 3.05) is 12.4 Å². The zero-order chi connectivity index (χ0) is 20.9. The third-order valence-corrected chi connectivity index (χ3v) is 6.68. The van der Waals surface area contributed by atoms with Crippen LogP contribution in [0, 0.1) is 0 Å². The standard InChI is InChI=1S/C21H31N3O3S/c1-15(2)24(16(3)4)28(25,26)19-11-12-21(22-14-19)23-17(5)13-18-9-7-8-10-20(18)27-6/h7-12,14-17H,13H2,1-6H3,(H,22,23). The van der Waals surface area contributed by atoms with Gasteiger partial charge in [-0.05, 0) is 64.8 Å². The summed E-state index contributed by atoms with van der Waals surface area (Å²) in [4.78, 5) is 4.53. The molecule has 1 aromatic carbocycles. The lowest BCUT2D eigenvalue weighted by atomic mass is 10.1. The van der Waals surface area contributed by atoms with E-state index in [0.29, 0.717) is 5.82 Å². The molecule has 0 saturated carbocycles. The molecular formula is C21H31N3O3S. The highest BCUT2D eigenvalue weighted by Crippen LogP contribution is 2.23. The van der Waals surface area contributed by atoms with Crippen molar-refractivity contribution in [3.05, 3.63) is 48.2 Å². The van der Waals surface area contributed by atoms with Gasteiger partial charge in [-0.2, -0.15) is 4.31 Å². The Balaban J connectivity index is 2.12. The second-order valence-corrected chi connectivity index (χ2v) is 9.31. The number of rotatable bonds is 9. The van der Waals surface area contributed by atoms with E-state index in [1.54, 1.807) is 19.2 Å². The van der Waals surface area contributed by atoms with E-state index in [0.717, 1.165) is 17.7 Å². The number of nitrogens with one attached hydrogen (secondary N) is 1. The number of aromatic nitrogens is 1. The maximum absolute atomic E-state index is 12.9. The summed E-state index contributed by atoms with van der Waals surface area (Å²) in [6.07, 6.45) is 2.19. The minimum absolute atomic E-state index is 0.106. The van der Waals surface area contributed by atoms with Gasteiger partial charge in [0.2, 0.25) is 10.0 Å². The van der Waals surface area contributed by atoms with Crippen LogP contribution in [0.2, 0.25) is 0 Å². The molecule has 6 nitrogen and oxygen atoms in total. The fraction of sp³-hybridized carbons (Fsp3) is 0.476. The Morgan fingerprint density at radius 2 is 1.68 bits per heavy atom. The Kier molecular flexibility index (Phi) is 7.43. The van der Waals surface area contributed by atoms with Gasteiger partial charge in [0.1, 0.15) is 16.5 Å². The number of para-hydroxylation sites is 1. The molecule has 0 aliphatic carbocycles. The molecule has 0 fully saturated rings. The predicted molar refractivity (Wildman–Crippen MR) is 113 cm³/mol. The number of sulfonamides is 1. The third-order valence-electron chi connectivity index (χ3n) is 4.44. The van der Waals surface area contributed by atoms with Gasteiger partial charge in [-0.3, -0.25) is 0 Å². The molecule has 7 heteroatoms. The maximum Gasteiger partial charge on any atom is 0.245 e. The lowest BCUT2D eigenvalue weighted by molar-refractivity contribution is 0.302. The van der Waals surface area contributed by atoms with Crippen molar-refractivity contribution >= 4 is 15.8 Å². The first-order chi connectivity index (χ1) is 13.2. The summed E-state index contributed by atoms with van der Waals surface area (Å²) in [5, 5.41) is 3.32. The summed E-state index contributed by atoms with van der Waals surface area (Å²) in [6, 6.07) is 11.1. The number of nitrogens with zero attached hydrogens (tertiary/aromatic N) is 2. The van der Waals surface area contributed by atoms with E-state index in [1.807, 2.05) is 52.0 Å². The lowest BCUT2D eigenvalue weighted by Crippen LogP contribution is -2.41. The summed E-state index contributed by atoms with van der Waals surface area (Å²) < 4.78 is 32.7. The number of methoxy groups -OCH3 is 1. The molecule has 1 unspecified atom stereocenters. The van der Waals surface area contributed by atoms with Crippen molar-refractivity contribution in [1.29, 1.82) is 0 Å². The van der Waals surface area contributed by atoms with Crippen LogP contribution in [0.1, 0.15) is 40.2 Å². The molecule has 0 bridgehead atoms. The number of ether oxygens (including phenoxy) is 1. The Bertz CT molecular complexity index is 857. The summed E-state index contributed by atoms with van der Waals surface area (Å²) in [5.41, 5.74) is 1.11. The largest absolute Gasteiger partial charge is 0.496 e. The highest BCUT2D eigenvalue weighted by atomic mass is 32.2. The zero-order valence-electron chi connectivity index (χ0n) is 17.5. The average molecular weight is 406 g/mol. The molecule has 1 heterocycles. The monoisotopic (exact) mass is 405 g/mol. The third kappa shape index (κ3) is 5.23. The molecule has 2 aromatic rings. The topological polar surface area (TPSA) is 71.5 Å². The summed E-state index contributed by atoms with van der Waals surface area (Å²) in [6.45, 7) is 9.56. The first kappa shape index (κ1) is 22.2. The number of benzene rings is 1. The molecule has 154 valence electrons. The van der Waals surface area contributed by atoms with Gasteiger partial charge >= 0.3 is 0 Å². The first-order valence-electron chi connectivity index (χ1n) is 9.54. The fourth-order valence-electron chi connectivity index (χ4n) is 3.40. The quantitative estimate of drug-likeness (QED) is 0.684. The molecule has 1 N–H and O–H groups in total. The average Bonchev–Trinajstić information content (AvgIpc) is 2.61. The lowest BCUT2D eigenvalue weighted by Gasteiger charge is -2.29. The fourth-order valence-corrected chi connectivity index (χ4v) is 5.18. The molecule has 1 aromatic heterocycles. The summed E-state index contributed by atoms with van der Waals surface area (Å²) in [5.74, 6) is 1.50. The van der Waals surface area contributed by atoms with E-state index >= 15 is 0 Å². The van der Waals surface area contributed by atoms with Gasteiger partial charge in [0, 0.05) is 24.3 Å². The highest BCUT2D eigenvalue weighted by Gasteiger charge is 2.29. The molecular weight excluding hydrogens is 374 g/mol. The second-order valence-electron chi connectivity index (χ2n) is 7.46. The van der Waals surface area contributed by atoms with Gasteiger partial charge in [0.25, 0.3) is 0 Å². The van der Waals surface area contributed by atoms with Crippen molar-refractivity contribution < 1.29 is 13.2 Å². The van der Waals surface area contributed by atoms with Gasteiger partial charge in [-0.25, -0.2) is 13.4 Å². The van der Waals surface area contributed by atoms with E-state index in [-0.39, 0.29) is 23.0 Å². The van der Waals surface area contributed by atoms with Crippen LogP contribution in [0.3, 0.4) is 0 Å². The number of pyridine rings is 1. The van der Waals surface area contributed by atoms with Crippen molar-refractivity contribution in [3.8, 4) is 5.75 Å². The van der Waals surface area contributed by atoms with Gasteiger partial charge in [-0.15, -0.1) is 0 Å².